The molecular formula is C19H21NO3S. The van der Waals surface area contributed by atoms with Gasteiger partial charge in [0.15, 0.2) is 0 Å². The number of benzene rings is 2. The van der Waals surface area contributed by atoms with Gasteiger partial charge in [-0.15, -0.1) is 0 Å². The number of hydrogen-bond acceptors (Lipinski definition) is 3. The van der Waals surface area contributed by atoms with E-state index in [9.17, 15) is 14.7 Å². The molecule has 2 aromatic rings. The molecule has 0 unspecified atom stereocenters. The molecule has 0 bridgehead atoms. The standard InChI is InChI=1S/C19H21NO3S/c1-2-24-13-7-12-20-18(21)16-10-5-3-8-14(16)15-9-4-6-11-17(15)19(22)23/h3-6,8-11H,2,7,12-13H2,1H3,(H,20,21)(H,22,23). The SMILES string of the molecule is CCSCCCNC(=O)c1ccccc1-c1ccccc1C(=O)O. The van der Waals surface area contributed by atoms with Crippen LogP contribution in [0.25, 0.3) is 11.1 Å². The maximum absolute atomic E-state index is 12.5. The summed E-state index contributed by atoms with van der Waals surface area (Å²) in [5, 5.41) is 12.3. The van der Waals surface area contributed by atoms with Crippen LogP contribution in [0, 0.1) is 0 Å². The van der Waals surface area contributed by atoms with Crippen LogP contribution in [-0.4, -0.2) is 35.0 Å². The van der Waals surface area contributed by atoms with E-state index in [1.165, 1.54) is 0 Å². The van der Waals surface area contributed by atoms with Gasteiger partial charge in [0.25, 0.3) is 5.91 Å². The number of thioether (sulfide) groups is 1. The summed E-state index contributed by atoms with van der Waals surface area (Å²) in [6, 6.07) is 13.8. The molecule has 0 atom stereocenters. The van der Waals surface area contributed by atoms with Gasteiger partial charge in [0.05, 0.1) is 5.56 Å². The number of amides is 1. The molecule has 24 heavy (non-hydrogen) atoms. The third-order valence-electron chi connectivity index (χ3n) is 3.57. The van der Waals surface area contributed by atoms with E-state index in [-0.39, 0.29) is 11.5 Å². The number of hydrogen-bond donors (Lipinski definition) is 2. The number of carbonyl (C=O) groups excluding carboxylic acids is 1. The lowest BCUT2D eigenvalue weighted by atomic mass is 9.95. The average molecular weight is 343 g/mol. The Morgan fingerprint density at radius 2 is 1.58 bits per heavy atom. The van der Waals surface area contributed by atoms with E-state index < -0.39 is 5.97 Å². The van der Waals surface area contributed by atoms with Gasteiger partial charge in [-0.2, -0.15) is 11.8 Å². The first-order valence-electron chi connectivity index (χ1n) is 7.92. The predicted octanol–water partition coefficient (Wildman–Crippen LogP) is 3.92. The first kappa shape index (κ1) is 18.1. The lowest BCUT2D eigenvalue weighted by Crippen LogP contribution is -2.25. The summed E-state index contributed by atoms with van der Waals surface area (Å²) >= 11 is 1.84. The Kier molecular flexibility index (Phi) is 6.88. The maximum atomic E-state index is 12.5. The summed E-state index contributed by atoms with van der Waals surface area (Å²) < 4.78 is 0. The largest absolute Gasteiger partial charge is 0.478 e. The van der Waals surface area contributed by atoms with Crippen molar-refractivity contribution in [2.24, 2.45) is 0 Å². The summed E-state index contributed by atoms with van der Waals surface area (Å²) in [5.41, 5.74) is 1.87. The van der Waals surface area contributed by atoms with Crippen LogP contribution in [0.4, 0.5) is 0 Å². The van der Waals surface area contributed by atoms with Crippen LogP contribution >= 0.6 is 11.8 Å². The molecule has 0 aromatic heterocycles. The number of rotatable bonds is 8. The molecule has 0 heterocycles. The second-order valence-corrected chi connectivity index (χ2v) is 6.60. The van der Waals surface area contributed by atoms with Crippen molar-refractivity contribution < 1.29 is 14.7 Å². The highest BCUT2D eigenvalue weighted by atomic mass is 32.2. The van der Waals surface area contributed by atoms with Crippen LogP contribution in [0.3, 0.4) is 0 Å². The second kappa shape index (κ2) is 9.13. The Hall–Kier alpha value is -2.27. The molecular weight excluding hydrogens is 322 g/mol. The number of carboxylic acids is 1. The summed E-state index contributed by atoms with van der Waals surface area (Å²) in [5.74, 6) is 0.910. The highest BCUT2D eigenvalue weighted by Gasteiger charge is 2.17. The molecule has 4 nitrogen and oxygen atoms in total. The maximum Gasteiger partial charge on any atom is 0.336 e. The van der Waals surface area contributed by atoms with Crippen molar-refractivity contribution in [1.82, 2.24) is 5.32 Å². The van der Waals surface area contributed by atoms with Crippen LogP contribution < -0.4 is 5.32 Å². The van der Waals surface area contributed by atoms with Crippen molar-refractivity contribution in [1.29, 1.82) is 0 Å². The number of carbonyl (C=O) groups is 2. The van der Waals surface area contributed by atoms with E-state index in [4.69, 9.17) is 0 Å². The Balaban J connectivity index is 2.22. The summed E-state index contributed by atoms with van der Waals surface area (Å²) in [6.45, 7) is 2.72. The molecule has 0 saturated carbocycles. The third kappa shape index (κ3) is 4.61. The van der Waals surface area contributed by atoms with E-state index in [1.807, 2.05) is 17.8 Å². The highest BCUT2D eigenvalue weighted by molar-refractivity contribution is 7.99. The molecule has 0 aliphatic rings. The zero-order valence-corrected chi connectivity index (χ0v) is 14.4. The number of aromatic carboxylic acids is 1. The molecule has 2 N–H and O–H groups in total. The average Bonchev–Trinajstić information content (AvgIpc) is 2.61. The number of carboxylic acid groups (broad SMARTS) is 1. The number of nitrogens with one attached hydrogen (secondary N) is 1. The van der Waals surface area contributed by atoms with Crippen molar-refractivity contribution in [2.45, 2.75) is 13.3 Å². The molecule has 1 amide bonds. The van der Waals surface area contributed by atoms with Crippen molar-refractivity contribution in [3.05, 3.63) is 59.7 Å². The molecule has 0 aliphatic carbocycles. The van der Waals surface area contributed by atoms with Crippen LogP contribution in [0.5, 0.6) is 0 Å². The molecule has 0 saturated heterocycles. The first-order chi connectivity index (χ1) is 11.6. The van der Waals surface area contributed by atoms with Crippen molar-refractivity contribution in [3.63, 3.8) is 0 Å². The Morgan fingerprint density at radius 1 is 1.00 bits per heavy atom. The topological polar surface area (TPSA) is 66.4 Å². The van der Waals surface area contributed by atoms with Crippen LogP contribution in [0.1, 0.15) is 34.1 Å². The van der Waals surface area contributed by atoms with Gasteiger partial charge >= 0.3 is 5.97 Å². The predicted molar refractivity (Wildman–Crippen MR) is 98.8 cm³/mol. The minimum Gasteiger partial charge on any atom is -0.478 e. The summed E-state index contributed by atoms with van der Waals surface area (Å²) in [7, 11) is 0. The zero-order chi connectivity index (χ0) is 17.4. The summed E-state index contributed by atoms with van der Waals surface area (Å²) in [4.78, 5) is 23.9. The van der Waals surface area contributed by atoms with Gasteiger partial charge < -0.3 is 10.4 Å². The molecule has 2 rings (SSSR count). The van der Waals surface area contributed by atoms with Gasteiger partial charge in [-0.3, -0.25) is 4.79 Å². The Morgan fingerprint density at radius 3 is 2.21 bits per heavy atom. The molecule has 126 valence electrons. The fourth-order valence-corrected chi connectivity index (χ4v) is 3.07. The minimum absolute atomic E-state index is 0.174. The minimum atomic E-state index is -1.00. The van der Waals surface area contributed by atoms with Crippen molar-refractivity contribution in [2.75, 3.05) is 18.1 Å². The Bertz CT molecular complexity index is 715. The van der Waals surface area contributed by atoms with E-state index >= 15 is 0 Å². The van der Waals surface area contributed by atoms with Crippen molar-refractivity contribution >= 4 is 23.6 Å². The third-order valence-corrected chi connectivity index (χ3v) is 4.56. The first-order valence-corrected chi connectivity index (χ1v) is 9.08. The molecule has 0 spiro atoms. The molecule has 0 aliphatic heterocycles. The van der Waals surface area contributed by atoms with E-state index in [0.717, 1.165) is 17.9 Å². The van der Waals surface area contributed by atoms with Gasteiger partial charge in [0, 0.05) is 12.1 Å². The van der Waals surface area contributed by atoms with E-state index in [1.54, 1.807) is 42.5 Å². The fraction of sp³-hybridized carbons (Fsp3) is 0.263. The normalized spacial score (nSPS) is 10.4. The van der Waals surface area contributed by atoms with E-state index in [2.05, 4.69) is 12.2 Å². The van der Waals surface area contributed by atoms with Gasteiger partial charge in [-0.25, -0.2) is 4.79 Å². The van der Waals surface area contributed by atoms with Crippen molar-refractivity contribution in [3.8, 4) is 11.1 Å². The van der Waals surface area contributed by atoms with Crippen LogP contribution in [0.2, 0.25) is 0 Å². The monoisotopic (exact) mass is 343 g/mol. The zero-order valence-electron chi connectivity index (χ0n) is 13.6. The molecule has 5 heteroatoms. The highest BCUT2D eigenvalue weighted by Crippen LogP contribution is 2.27. The van der Waals surface area contributed by atoms with Crippen LogP contribution in [-0.2, 0) is 0 Å². The summed E-state index contributed by atoms with van der Waals surface area (Å²) in [6.07, 6.45) is 0.915. The smallest absolute Gasteiger partial charge is 0.336 e. The lowest BCUT2D eigenvalue weighted by Gasteiger charge is -2.12. The second-order valence-electron chi connectivity index (χ2n) is 5.20. The van der Waals surface area contributed by atoms with E-state index in [0.29, 0.717) is 23.2 Å². The molecule has 0 fully saturated rings. The fourth-order valence-electron chi connectivity index (χ4n) is 2.44. The Labute approximate surface area is 146 Å². The van der Waals surface area contributed by atoms with Crippen LogP contribution in [0.15, 0.2) is 48.5 Å². The van der Waals surface area contributed by atoms with Gasteiger partial charge in [0.2, 0.25) is 0 Å². The lowest BCUT2D eigenvalue weighted by molar-refractivity contribution is 0.0697. The van der Waals surface area contributed by atoms with Gasteiger partial charge in [-0.05, 0) is 41.2 Å². The van der Waals surface area contributed by atoms with Gasteiger partial charge in [-0.1, -0.05) is 43.3 Å². The molecule has 2 aromatic carbocycles. The quantitative estimate of drug-likeness (QED) is 0.713. The molecule has 0 radical (unpaired) electrons. The van der Waals surface area contributed by atoms with Gasteiger partial charge in [0.1, 0.15) is 0 Å².